The van der Waals surface area contributed by atoms with E-state index in [1.807, 2.05) is 25.1 Å². The number of benzene rings is 1. The summed E-state index contributed by atoms with van der Waals surface area (Å²) in [5.41, 5.74) is 2.43. The van der Waals surface area contributed by atoms with Crippen molar-refractivity contribution in [3.63, 3.8) is 0 Å². The normalized spacial score (nSPS) is 28.4. The monoisotopic (exact) mass is 287 g/mol. The Balaban J connectivity index is 1.56. The molecule has 0 aliphatic heterocycles. The molecular weight excluding hydrogens is 262 g/mol. The van der Waals surface area contributed by atoms with Crippen LogP contribution in [0.4, 0.5) is 0 Å². The number of hydrogen-bond acceptors (Lipinski definition) is 2. The van der Waals surface area contributed by atoms with Gasteiger partial charge in [-0.1, -0.05) is 12.5 Å². The van der Waals surface area contributed by atoms with E-state index in [2.05, 4.69) is 19.2 Å². The van der Waals surface area contributed by atoms with E-state index in [1.165, 1.54) is 30.4 Å². The van der Waals surface area contributed by atoms with Crippen LogP contribution in [0.15, 0.2) is 18.2 Å². The third-order valence-corrected chi connectivity index (χ3v) is 5.23. The first-order chi connectivity index (χ1) is 10.0. The van der Waals surface area contributed by atoms with Gasteiger partial charge in [-0.15, -0.1) is 0 Å². The van der Waals surface area contributed by atoms with Crippen LogP contribution in [-0.2, 0) is 4.79 Å². The smallest absolute Gasteiger partial charge is 0.261 e. The zero-order chi connectivity index (χ0) is 15.0. The van der Waals surface area contributed by atoms with E-state index in [1.54, 1.807) is 0 Å². The predicted molar refractivity (Wildman–Crippen MR) is 83.4 cm³/mol. The van der Waals surface area contributed by atoms with Gasteiger partial charge in [0, 0.05) is 6.04 Å². The van der Waals surface area contributed by atoms with Crippen molar-refractivity contribution in [3.8, 4) is 5.75 Å². The maximum atomic E-state index is 12.3. The fourth-order valence-electron chi connectivity index (χ4n) is 3.77. The Hall–Kier alpha value is -1.51. The van der Waals surface area contributed by atoms with E-state index < -0.39 is 6.10 Å². The minimum Gasteiger partial charge on any atom is -0.481 e. The summed E-state index contributed by atoms with van der Waals surface area (Å²) in [6, 6.07) is 6.34. The molecule has 1 aromatic carbocycles. The van der Waals surface area contributed by atoms with E-state index in [0.29, 0.717) is 12.0 Å². The highest BCUT2D eigenvalue weighted by Gasteiger charge is 2.40. The molecule has 3 rings (SSSR count). The van der Waals surface area contributed by atoms with Gasteiger partial charge in [-0.2, -0.15) is 0 Å². The SMILES string of the molecule is Cc1ccc(O[C@H](C)C(=O)N[C@H]2C[C@H]3CC[C@H]2C3)cc1C. The second kappa shape index (κ2) is 5.70. The van der Waals surface area contributed by atoms with Crippen molar-refractivity contribution in [2.75, 3.05) is 0 Å². The van der Waals surface area contributed by atoms with Crippen LogP contribution < -0.4 is 10.1 Å². The van der Waals surface area contributed by atoms with Crippen LogP contribution in [0.25, 0.3) is 0 Å². The molecule has 4 atom stereocenters. The lowest BCUT2D eigenvalue weighted by Crippen LogP contribution is -2.44. The first-order valence-corrected chi connectivity index (χ1v) is 8.07. The topological polar surface area (TPSA) is 38.3 Å². The molecule has 2 aliphatic rings. The molecule has 3 nitrogen and oxygen atoms in total. The molecule has 1 N–H and O–H groups in total. The van der Waals surface area contributed by atoms with Gasteiger partial charge in [0.1, 0.15) is 5.75 Å². The lowest BCUT2D eigenvalue weighted by molar-refractivity contribution is -0.128. The lowest BCUT2D eigenvalue weighted by atomic mass is 9.95. The zero-order valence-corrected chi connectivity index (χ0v) is 13.2. The standard InChI is InChI=1S/C18H25NO2/c1-11-4-7-16(8-12(11)2)21-13(3)18(20)19-17-10-14-5-6-15(17)9-14/h4,7-8,13-15,17H,5-6,9-10H2,1-3H3,(H,19,20)/t13-,14+,15+,17+/m1/s1. The summed E-state index contributed by atoms with van der Waals surface area (Å²) in [6.45, 7) is 5.96. The summed E-state index contributed by atoms with van der Waals surface area (Å²) in [5.74, 6) is 2.34. The Kier molecular flexibility index (Phi) is 3.92. The summed E-state index contributed by atoms with van der Waals surface area (Å²) < 4.78 is 5.79. The molecule has 0 saturated heterocycles. The second-order valence-corrected chi connectivity index (χ2v) is 6.80. The minimum atomic E-state index is -0.439. The van der Waals surface area contributed by atoms with Gasteiger partial charge in [-0.3, -0.25) is 4.79 Å². The molecule has 2 bridgehead atoms. The molecule has 3 heteroatoms. The van der Waals surface area contributed by atoms with Crippen molar-refractivity contribution in [3.05, 3.63) is 29.3 Å². The molecule has 0 heterocycles. The Morgan fingerprint density at radius 2 is 2.05 bits per heavy atom. The molecule has 2 fully saturated rings. The fourth-order valence-corrected chi connectivity index (χ4v) is 3.77. The van der Waals surface area contributed by atoms with E-state index in [9.17, 15) is 4.79 Å². The van der Waals surface area contributed by atoms with E-state index >= 15 is 0 Å². The number of amides is 1. The van der Waals surface area contributed by atoms with Gasteiger partial charge in [0.05, 0.1) is 0 Å². The predicted octanol–water partition coefficient (Wildman–Crippen LogP) is 3.38. The molecule has 114 valence electrons. The van der Waals surface area contributed by atoms with Crippen LogP contribution in [-0.4, -0.2) is 18.1 Å². The van der Waals surface area contributed by atoms with Crippen molar-refractivity contribution in [2.24, 2.45) is 11.8 Å². The van der Waals surface area contributed by atoms with Gasteiger partial charge in [0.15, 0.2) is 6.10 Å². The number of fused-ring (bicyclic) bond motifs is 2. The molecule has 1 amide bonds. The average Bonchev–Trinajstić information content (AvgIpc) is 3.05. The van der Waals surface area contributed by atoms with Crippen molar-refractivity contribution in [1.29, 1.82) is 0 Å². The van der Waals surface area contributed by atoms with E-state index in [-0.39, 0.29) is 5.91 Å². The van der Waals surface area contributed by atoms with Crippen LogP contribution >= 0.6 is 0 Å². The number of carbonyl (C=O) groups is 1. The molecule has 21 heavy (non-hydrogen) atoms. The first kappa shape index (κ1) is 14.4. The molecule has 0 spiro atoms. The highest BCUT2D eigenvalue weighted by Crippen LogP contribution is 2.44. The van der Waals surface area contributed by atoms with E-state index in [0.717, 1.165) is 18.1 Å². The number of ether oxygens (including phenoxy) is 1. The van der Waals surface area contributed by atoms with Gasteiger partial charge < -0.3 is 10.1 Å². The second-order valence-electron chi connectivity index (χ2n) is 6.80. The van der Waals surface area contributed by atoms with Gasteiger partial charge in [0.2, 0.25) is 0 Å². The van der Waals surface area contributed by atoms with Crippen molar-refractivity contribution in [2.45, 2.75) is 58.6 Å². The highest BCUT2D eigenvalue weighted by molar-refractivity contribution is 5.81. The molecule has 1 aromatic rings. The Bertz CT molecular complexity index is 540. The third kappa shape index (κ3) is 3.07. The molecule has 0 unspecified atom stereocenters. The fraction of sp³-hybridized carbons (Fsp3) is 0.611. The third-order valence-electron chi connectivity index (χ3n) is 5.23. The molecule has 2 saturated carbocycles. The van der Waals surface area contributed by atoms with Crippen molar-refractivity contribution < 1.29 is 9.53 Å². The van der Waals surface area contributed by atoms with Crippen LogP contribution in [0, 0.1) is 25.7 Å². The summed E-state index contributed by atoms with van der Waals surface area (Å²) in [6.07, 6.45) is 4.66. The quantitative estimate of drug-likeness (QED) is 0.922. The van der Waals surface area contributed by atoms with E-state index in [4.69, 9.17) is 4.74 Å². The number of aryl methyl sites for hydroxylation is 2. The molecule has 2 aliphatic carbocycles. The number of rotatable bonds is 4. The Morgan fingerprint density at radius 1 is 1.24 bits per heavy atom. The van der Waals surface area contributed by atoms with Crippen molar-refractivity contribution in [1.82, 2.24) is 5.32 Å². The summed E-state index contributed by atoms with van der Waals surface area (Å²) in [5, 5.41) is 3.19. The average molecular weight is 287 g/mol. The largest absolute Gasteiger partial charge is 0.481 e. The minimum absolute atomic E-state index is 0.0192. The Labute approximate surface area is 127 Å². The lowest BCUT2D eigenvalue weighted by Gasteiger charge is -2.25. The van der Waals surface area contributed by atoms with Gasteiger partial charge >= 0.3 is 0 Å². The van der Waals surface area contributed by atoms with Gasteiger partial charge in [-0.05, 0) is 75.1 Å². The summed E-state index contributed by atoms with van der Waals surface area (Å²) in [4.78, 5) is 12.3. The van der Waals surface area contributed by atoms with Crippen LogP contribution in [0.1, 0.15) is 43.7 Å². The summed E-state index contributed by atoms with van der Waals surface area (Å²) >= 11 is 0. The van der Waals surface area contributed by atoms with Crippen LogP contribution in [0.3, 0.4) is 0 Å². The van der Waals surface area contributed by atoms with Crippen molar-refractivity contribution >= 4 is 5.91 Å². The van der Waals surface area contributed by atoms with Gasteiger partial charge in [0.25, 0.3) is 5.91 Å². The number of carbonyl (C=O) groups excluding carboxylic acids is 1. The zero-order valence-electron chi connectivity index (χ0n) is 13.2. The summed E-state index contributed by atoms with van der Waals surface area (Å²) in [7, 11) is 0. The Morgan fingerprint density at radius 3 is 2.67 bits per heavy atom. The maximum absolute atomic E-state index is 12.3. The molecular formula is C18H25NO2. The first-order valence-electron chi connectivity index (χ1n) is 8.07. The molecule has 0 radical (unpaired) electrons. The van der Waals surface area contributed by atoms with Crippen LogP contribution in [0.2, 0.25) is 0 Å². The highest BCUT2D eigenvalue weighted by atomic mass is 16.5. The van der Waals surface area contributed by atoms with Gasteiger partial charge in [-0.25, -0.2) is 0 Å². The number of hydrogen-bond donors (Lipinski definition) is 1. The number of nitrogens with one attached hydrogen (secondary N) is 1. The molecule has 0 aromatic heterocycles. The van der Waals surface area contributed by atoms with Crippen LogP contribution in [0.5, 0.6) is 5.75 Å². The maximum Gasteiger partial charge on any atom is 0.261 e.